The lowest BCUT2D eigenvalue weighted by molar-refractivity contribution is 0.161. The summed E-state index contributed by atoms with van der Waals surface area (Å²) in [6, 6.07) is 0. The van der Waals surface area contributed by atoms with E-state index in [0.717, 1.165) is 11.8 Å². The Morgan fingerprint density at radius 2 is 1.33 bits per heavy atom. The number of hydrogen-bond donors (Lipinski definition) is 0. The van der Waals surface area contributed by atoms with E-state index in [4.69, 9.17) is 0 Å². The molecule has 2 rings (SSSR count). The minimum Gasteiger partial charge on any atom is -0.288 e. The van der Waals surface area contributed by atoms with E-state index in [2.05, 4.69) is 51.8 Å². The van der Waals surface area contributed by atoms with Crippen LogP contribution in [0, 0.1) is 11.8 Å². The van der Waals surface area contributed by atoms with Crippen molar-refractivity contribution >= 4 is 0 Å². The zero-order chi connectivity index (χ0) is 9.15. The van der Waals surface area contributed by atoms with Gasteiger partial charge in [-0.15, -0.1) is 0 Å². The molecule has 4 atom stereocenters. The predicted octanol–water partition coefficient (Wildman–Crippen LogP) is 2.29. The molecular formula is C11H19N. The van der Waals surface area contributed by atoms with Crippen LogP contribution >= 0.6 is 0 Å². The summed E-state index contributed by atoms with van der Waals surface area (Å²) in [6.45, 7) is 9.44. The van der Waals surface area contributed by atoms with E-state index < -0.39 is 0 Å². The van der Waals surface area contributed by atoms with Crippen molar-refractivity contribution in [2.24, 2.45) is 11.8 Å². The standard InChI is InChI=1S/C11H19N/c1-8-9(2)11(4)7-6-10(8,3)12(11)5/h6-9H,1-5H3. The lowest BCUT2D eigenvalue weighted by Crippen LogP contribution is -2.43. The van der Waals surface area contributed by atoms with E-state index in [9.17, 15) is 0 Å². The highest BCUT2D eigenvalue weighted by Crippen LogP contribution is 2.53. The SMILES string of the molecule is CC1C(C)C2(C)C=CC1(C)N2C. The molecule has 0 saturated carbocycles. The van der Waals surface area contributed by atoms with E-state index in [-0.39, 0.29) is 0 Å². The van der Waals surface area contributed by atoms with Gasteiger partial charge in [0.1, 0.15) is 0 Å². The molecule has 1 heteroatoms. The molecule has 12 heavy (non-hydrogen) atoms. The molecule has 0 spiro atoms. The molecule has 4 unspecified atom stereocenters. The van der Waals surface area contributed by atoms with Crippen molar-refractivity contribution in [1.82, 2.24) is 4.90 Å². The van der Waals surface area contributed by atoms with Gasteiger partial charge in [0.05, 0.1) is 0 Å². The molecule has 0 N–H and O–H groups in total. The molecule has 2 bridgehead atoms. The Kier molecular flexibility index (Phi) is 1.35. The normalized spacial score (nSPS) is 58.4. The van der Waals surface area contributed by atoms with Crippen LogP contribution in [0.15, 0.2) is 12.2 Å². The van der Waals surface area contributed by atoms with E-state index in [1.165, 1.54) is 0 Å². The Labute approximate surface area is 75.4 Å². The van der Waals surface area contributed by atoms with Gasteiger partial charge in [0.2, 0.25) is 0 Å². The summed E-state index contributed by atoms with van der Waals surface area (Å²) in [5.41, 5.74) is 0.627. The Hall–Kier alpha value is -0.300. The Morgan fingerprint density at radius 1 is 1.00 bits per heavy atom. The van der Waals surface area contributed by atoms with Gasteiger partial charge in [-0.05, 0) is 32.7 Å². The summed E-state index contributed by atoms with van der Waals surface area (Å²) < 4.78 is 0. The number of hydrogen-bond acceptors (Lipinski definition) is 1. The maximum atomic E-state index is 2.52. The van der Waals surface area contributed by atoms with E-state index in [1.807, 2.05) is 0 Å². The van der Waals surface area contributed by atoms with Crippen molar-refractivity contribution in [2.75, 3.05) is 7.05 Å². The average Bonchev–Trinajstić information content (AvgIpc) is 2.33. The highest BCUT2D eigenvalue weighted by molar-refractivity contribution is 5.32. The van der Waals surface area contributed by atoms with Gasteiger partial charge in [-0.3, -0.25) is 4.90 Å². The molecular weight excluding hydrogens is 146 g/mol. The Morgan fingerprint density at radius 3 is 1.50 bits per heavy atom. The largest absolute Gasteiger partial charge is 0.288 e. The number of fused-ring (bicyclic) bond motifs is 2. The fourth-order valence-corrected chi connectivity index (χ4v) is 3.01. The summed E-state index contributed by atoms with van der Waals surface area (Å²) in [4.78, 5) is 2.52. The summed E-state index contributed by atoms with van der Waals surface area (Å²) >= 11 is 0. The lowest BCUT2D eigenvalue weighted by Gasteiger charge is -2.33. The van der Waals surface area contributed by atoms with Gasteiger partial charge >= 0.3 is 0 Å². The second-order valence-electron chi connectivity index (χ2n) is 4.92. The molecule has 1 fully saturated rings. The van der Waals surface area contributed by atoms with Crippen LogP contribution in [0.5, 0.6) is 0 Å². The Bertz CT molecular complexity index is 221. The van der Waals surface area contributed by atoms with Gasteiger partial charge in [-0.25, -0.2) is 0 Å². The summed E-state index contributed by atoms with van der Waals surface area (Å²) in [7, 11) is 2.25. The first-order valence-corrected chi connectivity index (χ1v) is 4.87. The smallest absolute Gasteiger partial charge is 0.0398 e. The molecule has 68 valence electrons. The molecule has 1 saturated heterocycles. The quantitative estimate of drug-likeness (QED) is 0.498. The van der Waals surface area contributed by atoms with Gasteiger partial charge in [0.15, 0.2) is 0 Å². The molecule has 0 radical (unpaired) electrons. The summed E-state index contributed by atoms with van der Waals surface area (Å²) in [5.74, 6) is 1.55. The van der Waals surface area contributed by atoms with E-state index in [1.54, 1.807) is 0 Å². The van der Waals surface area contributed by atoms with Gasteiger partial charge in [-0.1, -0.05) is 26.0 Å². The fraction of sp³-hybridized carbons (Fsp3) is 0.818. The van der Waals surface area contributed by atoms with Crippen LogP contribution in [-0.4, -0.2) is 23.0 Å². The van der Waals surface area contributed by atoms with Crippen LogP contribution in [0.1, 0.15) is 27.7 Å². The van der Waals surface area contributed by atoms with Crippen molar-refractivity contribution in [1.29, 1.82) is 0 Å². The first-order valence-electron chi connectivity index (χ1n) is 4.87. The molecule has 0 amide bonds. The molecule has 2 heterocycles. The zero-order valence-electron chi connectivity index (χ0n) is 8.76. The second kappa shape index (κ2) is 1.95. The van der Waals surface area contributed by atoms with Crippen molar-refractivity contribution < 1.29 is 0 Å². The predicted molar refractivity (Wildman–Crippen MR) is 52.0 cm³/mol. The van der Waals surface area contributed by atoms with Gasteiger partial charge in [-0.2, -0.15) is 0 Å². The highest BCUT2D eigenvalue weighted by Gasteiger charge is 2.58. The molecule has 2 aliphatic rings. The molecule has 0 aromatic heterocycles. The third-order valence-electron chi connectivity index (χ3n) is 4.80. The second-order valence-corrected chi connectivity index (χ2v) is 4.92. The van der Waals surface area contributed by atoms with E-state index in [0.29, 0.717) is 11.1 Å². The lowest BCUT2D eigenvalue weighted by atomic mass is 9.74. The van der Waals surface area contributed by atoms with Crippen LogP contribution in [-0.2, 0) is 0 Å². The molecule has 0 aliphatic carbocycles. The van der Waals surface area contributed by atoms with Crippen LogP contribution in [0.3, 0.4) is 0 Å². The topological polar surface area (TPSA) is 3.24 Å². The van der Waals surface area contributed by atoms with Gasteiger partial charge < -0.3 is 0 Å². The highest BCUT2D eigenvalue weighted by atomic mass is 15.3. The van der Waals surface area contributed by atoms with Gasteiger partial charge in [0.25, 0.3) is 0 Å². The molecule has 2 aliphatic heterocycles. The molecule has 0 aromatic rings. The van der Waals surface area contributed by atoms with Crippen molar-refractivity contribution in [3.63, 3.8) is 0 Å². The third kappa shape index (κ3) is 0.610. The zero-order valence-corrected chi connectivity index (χ0v) is 8.76. The monoisotopic (exact) mass is 165 g/mol. The first-order chi connectivity index (χ1) is 5.43. The third-order valence-corrected chi connectivity index (χ3v) is 4.80. The first kappa shape index (κ1) is 8.31. The van der Waals surface area contributed by atoms with Crippen LogP contribution in [0.2, 0.25) is 0 Å². The van der Waals surface area contributed by atoms with Crippen molar-refractivity contribution in [2.45, 2.75) is 38.8 Å². The summed E-state index contributed by atoms with van der Waals surface area (Å²) in [6.07, 6.45) is 4.77. The number of likely N-dealkylation sites (N-methyl/N-ethyl adjacent to an activating group) is 1. The summed E-state index contributed by atoms with van der Waals surface area (Å²) in [5, 5.41) is 0. The maximum absolute atomic E-state index is 2.52. The van der Waals surface area contributed by atoms with Crippen LogP contribution in [0.4, 0.5) is 0 Å². The minimum atomic E-state index is 0.314. The van der Waals surface area contributed by atoms with Crippen molar-refractivity contribution in [3.05, 3.63) is 12.2 Å². The van der Waals surface area contributed by atoms with Crippen LogP contribution in [0.25, 0.3) is 0 Å². The molecule has 1 nitrogen and oxygen atoms in total. The van der Waals surface area contributed by atoms with E-state index >= 15 is 0 Å². The Balaban J connectivity index is 2.51. The maximum Gasteiger partial charge on any atom is 0.0398 e. The van der Waals surface area contributed by atoms with Gasteiger partial charge in [0, 0.05) is 11.1 Å². The van der Waals surface area contributed by atoms with Crippen LogP contribution < -0.4 is 0 Å². The molecule has 0 aromatic carbocycles. The fourth-order valence-electron chi connectivity index (χ4n) is 3.01. The van der Waals surface area contributed by atoms with Crippen molar-refractivity contribution in [3.8, 4) is 0 Å². The number of rotatable bonds is 0. The average molecular weight is 165 g/mol. The minimum absolute atomic E-state index is 0.314. The number of nitrogens with zero attached hydrogens (tertiary/aromatic N) is 1.